The van der Waals surface area contributed by atoms with Crippen LogP contribution in [0.4, 0.5) is 0 Å². The first kappa shape index (κ1) is 19.8. The summed E-state index contributed by atoms with van der Waals surface area (Å²) in [6.07, 6.45) is 1.77. The van der Waals surface area contributed by atoms with Crippen molar-refractivity contribution >= 4 is 45.6 Å². The summed E-state index contributed by atoms with van der Waals surface area (Å²) in [6, 6.07) is 3.10. The lowest BCUT2D eigenvalue weighted by Gasteiger charge is -2.32. The third-order valence-electron chi connectivity index (χ3n) is 3.64. The summed E-state index contributed by atoms with van der Waals surface area (Å²) in [5.74, 6) is 0.354. The number of halogens is 3. The summed E-state index contributed by atoms with van der Waals surface area (Å²) in [7, 11) is -0.378. The van der Waals surface area contributed by atoms with E-state index in [2.05, 4.69) is 5.32 Å². The Morgan fingerprint density at radius 1 is 1.32 bits per heavy atom. The van der Waals surface area contributed by atoms with Crippen LogP contribution in [0.5, 0.6) is 5.75 Å². The average molecular weight is 390 g/mol. The van der Waals surface area contributed by atoms with Crippen molar-refractivity contribution in [1.82, 2.24) is 9.62 Å². The zero-order chi connectivity index (χ0) is 15.6. The number of rotatable bonds is 4. The topological polar surface area (TPSA) is 58.6 Å². The maximum Gasteiger partial charge on any atom is 0.244 e. The smallest absolute Gasteiger partial charge is 0.244 e. The number of piperidine rings is 1. The summed E-state index contributed by atoms with van der Waals surface area (Å²) < 4.78 is 32.0. The minimum atomic E-state index is -3.66. The molecule has 9 heteroatoms. The molecule has 0 spiro atoms. The molecule has 1 saturated heterocycles. The van der Waals surface area contributed by atoms with Gasteiger partial charge in [0, 0.05) is 19.1 Å². The highest BCUT2D eigenvalue weighted by atomic mass is 35.5. The minimum Gasteiger partial charge on any atom is -0.495 e. The standard InChI is InChI=1S/C13H18Cl2N2O3S.ClH/c1-16-9-4-3-7-17(8-9)21(18,19)11-6-5-10(20-2)12(14)13(11)15;/h5-6,9,16H,3-4,7-8H2,1-2H3;1H. The maximum absolute atomic E-state index is 12.7. The van der Waals surface area contributed by atoms with Crippen LogP contribution in [0, 0.1) is 0 Å². The molecule has 0 amide bonds. The molecule has 22 heavy (non-hydrogen) atoms. The Balaban J connectivity index is 0.00000242. The summed E-state index contributed by atoms with van der Waals surface area (Å²) in [6.45, 7) is 0.916. The zero-order valence-corrected chi connectivity index (χ0v) is 15.4. The molecule has 0 radical (unpaired) electrons. The molecule has 0 aliphatic carbocycles. The first-order chi connectivity index (χ1) is 9.91. The van der Waals surface area contributed by atoms with E-state index in [-0.39, 0.29) is 33.4 Å². The number of methoxy groups -OCH3 is 1. The normalized spacial score (nSPS) is 19.5. The Bertz CT molecular complexity index is 625. The van der Waals surface area contributed by atoms with E-state index in [0.29, 0.717) is 18.8 Å². The number of benzene rings is 1. The second-order valence-corrected chi connectivity index (χ2v) is 7.55. The van der Waals surface area contributed by atoms with Gasteiger partial charge in [0.2, 0.25) is 10.0 Å². The van der Waals surface area contributed by atoms with Crippen LogP contribution in [0.1, 0.15) is 12.8 Å². The highest BCUT2D eigenvalue weighted by molar-refractivity contribution is 7.89. The van der Waals surface area contributed by atoms with Crippen molar-refractivity contribution < 1.29 is 13.2 Å². The molecule has 2 rings (SSSR count). The molecule has 126 valence electrons. The highest BCUT2D eigenvalue weighted by Crippen LogP contribution is 2.38. The molecule has 1 heterocycles. The fourth-order valence-corrected chi connectivity index (χ4v) is 4.75. The Kier molecular flexibility index (Phi) is 7.23. The number of hydrogen-bond acceptors (Lipinski definition) is 4. The monoisotopic (exact) mass is 388 g/mol. The number of sulfonamides is 1. The van der Waals surface area contributed by atoms with Gasteiger partial charge in [0.15, 0.2) is 0 Å². The Morgan fingerprint density at radius 3 is 2.59 bits per heavy atom. The molecule has 1 aromatic rings. The van der Waals surface area contributed by atoms with Gasteiger partial charge < -0.3 is 10.1 Å². The maximum atomic E-state index is 12.7. The van der Waals surface area contributed by atoms with E-state index in [0.717, 1.165) is 12.8 Å². The fourth-order valence-electron chi connectivity index (χ4n) is 2.41. The van der Waals surface area contributed by atoms with E-state index in [1.165, 1.54) is 23.5 Å². The number of nitrogens with one attached hydrogen (secondary N) is 1. The van der Waals surface area contributed by atoms with Crippen LogP contribution < -0.4 is 10.1 Å². The van der Waals surface area contributed by atoms with Crippen molar-refractivity contribution in [3.63, 3.8) is 0 Å². The highest BCUT2D eigenvalue weighted by Gasteiger charge is 2.32. The minimum absolute atomic E-state index is 0. The number of nitrogens with zero attached hydrogens (tertiary/aromatic N) is 1. The van der Waals surface area contributed by atoms with Crippen molar-refractivity contribution in [2.24, 2.45) is 0 Å². The van der Waals surface area contributed by atoms with Gasteiger partial charge in [-0.1, -0.05) is 23.2 Å². The summed E-state index contributed by atoms with van der Waals surface area (Å²) >= 11 is 12.2. The molecule has 1 unspecified atom stereocenters. The van der Waals surface area contributed by atoms with Crippen molar-refractivity contribution in [1.29, 1.82) is 0 Å². The van der Waals surface area contributed by atoms with Gasteiger partial charge in [0.25, 0.3) is 0 Å². The number of hydrogen-bond donors (Lipinski definition) is 1. The van der Waals surface area contributed by atoms with Gasteiger partial charge in [-0.3, -0.25) is 0 Å². The fraction of sp³-hybridized carbons (Fsp3) is 0.538. The van der Waals surface area contributed by atoms with E-state index >= 15 is 0 Å². The number of ether oxygens (including phenoxy) is 1. The van der Waals surface area contributed by atoms with Gasteiger partial charge in [-0.15, -0.1) is 12.4 Å². The lowest BCUT2D eigenvalue weighted by molar-refractivity contribution is 0.293. The van der Waals surface area contributed by atoms with Gasteiger partial charge in [-0.05, 0) is 32.0 Å². The zero-order valence-electron chi connectivity index (χ0n) is 12.3. The number of likely N-dealkylation sites (N-methyl/N-ethyl adjacent to an activating group) is 1. The van der Waals surface area contributed by atoms with E-state index in [1.54, 1.807) is 0 Å². The molecule has 1 aliphatic heterocycles. The third-order valence-corrected chi connectivity index (χ3v) is 6.53. The molecule has 0 bridgehead atoms. The largest absolute Gasteiger partial charge is 0.495 e. The van der Waals surface area contributed by atoms with Crippen LogP contribution in [-0.2, 0) is 10.0 Å². The molecule has 1 aliphatic rings. The predicted molar refractivity (Wildman–Crippen MR) is 91.1 cm³/mol. The molecule has 1 atom stereocenters. The summed E-state index contributed by atoms with van der Waals surface area (Å²) in [5.41, 5.74) is 0. The van der Waals surface area contributed by atoms with Crippen LogP contribution in [-0.4, -0.2) is 46.0 Å². The van der Waals surface area contributed by atoms with Gasteiger partial charge in [-0.25, -0.2) is 8.42 Å². The lowest BCUT2D eigenvalue weighted by Crippen LogP contribution is -2.46. The SMILES string of the molecule is CNC1CCCN(S(=O)(=O)c2ccc(OC)c(Cl)c2Cl)C1.Cl. The molecule has 0 aromatic heterocycles. The second-order valence-electron chi connectivity index (χ2n) is 4.88. The molecule has 1 fully saturated rings. The van der Waals surface area contributed by atoms with Gasteiger partial charge >= 0.3 is 0 Å². The van der Waals surface area contributed by atoms with Crippen molar-refractivity contribution in [2.75, 3.05) is 27.2 Å². The van der Waals surface area contributed by atoms with Crippen molar-refractivity contribution in [3.8, 4) is 5.75 Å². The predicted octanol–water partition coefficient (Wildman–Crippen LogP) is 2.80. The first-order valence-electron chi connectivity index (χ1n) is 6.61. The molecule has 1 N–H and O–H groups in total. The Hall–Kier alpha value is -0.240. The van der Waals surface area contributed by atoms with Crippen molar-refractivity contribution in [3.05, 3.63) is 22.2 Å². The second kappa shape index (κ2) is 8.04. The van der Waals surface area contributed by atoms with E-state index < -0.39 is 10.0 Å². The molecule has 5 nitrogen and oxygen atoms in total. The Morgan fingerprint density at radius 2 is 2.00 bits per heavy atom. The summed E-state index contributed by atoms with van der Waals surface area (Å²) in [4.78, 5) is 0.0201. The Labute approximate surface area is 147 Å². The molecular weight excluding hydrogens is 371 g/mol. The molecular formula is C13H19Cl3N2O3S. The average Bonchev–Trinajstić information content (AvgIpc) is 2.49. The van der Waals surface area contributed by atoms with Gasteiger partial charge in [0.05, 0.1) is 12.1 Å². The molecule has 1 aromatic carbocycles. The van der Waals surface area contributed by atoms with Crippen LogP contribution in [0.2, 0.25) is 10.0 Å². The first-order valence-corrected chi connectivity index (χ1v) is 8.80. The molecule has 0 saturated carbocycles. The lowest BCUT2D eigenvalue weighted by atomic mass is 10.1. The van der Waals surface area contributed by atoms with E-state index in [1.807, 2.05) is 7.05 Å². The van der Waals surface area contributed by atoms with Crippen LogP contribution in [0.3, 0.4) is 0 Å². The van der Waals surface area contributed by atoms with Crippen molar-refractivity contribution in [2.45, 2.75) is 23.8 Å². The van der Waals surface area contributed by atoms with Gasteiger partial charge in [-0.2, -0.15) is 4.31 Å². The van der Waals surface area contributed by atoms with Crippen LogP contribution in [0.25, 0.3) is 0 Å². The quantitative estimate of drug-likeness (QED) is 0.860. The van der Waals surface area contributed by atoms with E-state index in [4.69, 9.17) is 27.9 Å². The van der Waals surface area contributed by atoms with Crippen LogP contribution >= 0.6 is 35.6 Å². The third kappa shape index (κ3) is 3.80. The van der Waals surface area contributed by atoms with Crippen LogP contribution in [0.15, 0.2) is 17.0 Å². The van der Waals surface area contributed by atoms with E-state index in [9.17, 15) is 8.42 Å². The summed E-state index contributed by atoms with van der Waals surface area (Å²) in [5, 5.41) is 3.23. The van der Waals surface area contributed by atoms with Gasteiger partial charge in [0.1, 0.15) is 15.7 Å².